The van der Waals surface area contributed by atoms with Crippen LogP contribution in [-0.2, 0) is 9.47 Å². The minimum atomic E-state index is -0.450. The number of esters is 2. The fourth-order valence-electron chi connectivity index (χ4n) is 3.08. The minimum absolute atomic E-state index is 0.288. The number of ether oxygens (including phenoxy) is 2. The van der Waals surface area contributed by atoms with E-state index < -0.39 is 11.9 Å². The topological polar surface area (TPSA) is 52.6 Å². The number of rotatable bonds is 14. The van der Waals surface area contributed by atoms with E-state index in [1.54, 1.807) is 24.3 Å². The first-order valence-electron chi connectivity index (χ1n) is 10.9. The van der Waals surface area contributed by atoms with Crippen LogP contribution in [0.1, 0.15) is 99.8 Å². The number of hydrogen-bond donors (Lipinski definition) is 0. The van der Waals surface area contributed by atoms with Crippen LogP contribution in [0.3, 0.4) is 0 Å². The molecule has 1 aromatic carbocycles. The normalized spacial score (nSPS) is 12.0. The number of carbonyl (C=O) groups excluding carboxylic acids is 2. The van der Waals surface area contributed by atoms with Crippen LogP contribution < -0.4 is 0 Å². The highest BCUT2D eigenvalue weighted by molar-refractivity contribution is 6.03. The minimum Gasteiger partial charge on any atom is -0.462 e. The molecule has 0 radical (unpaired) electrons. The Labute approximate surface area is 171 Å². The molecule has 0 aliphatic heterocycles. The van der Waals surface area contributed by atoms with Crippen LogP contribution in [0.5, 0.6) is 0 Å². The molecule has 0 amide bonds. The molecular weight excluding hydrogens is 352 g/mol. The Morgan fingerprint density at radius 1 is 0.857 bits per heavy atom. The summed E-state index contributed by atoms with van der Waals surface area (Å²) in [4.78, 5) is 24.9. The predicted molar refractivity (Wildman–Crippen MR) is 114 cm³/mol. The summed E-state index contributed by atoms with van der Waals surface area (Å²) in [5.41, 5.74) is 0.578. The predicted octanol–water partition coefficient (Wildman–Crippen LogP) is 6.43. The third-order valence-corrected chi connectivity index (χ3v) is 5.02. The lowest BCUT2D eigenvalue weighted by Crippen LogP contribution is -2.17. The summed E-state index contributed by atoms with van der Waals surface area (Å²) >= 11 is 0. The Kier molecular flexibility index (Phi) is 12.3. The molecule has 1 aromatic rings. The van der Waals surface area contributed by atoms with E-state index in [4.69, 9.17) is 9.47 Å². The molecule has 28 heavy (non-hydrogen) atoms. The molecule has 0 spiro atoms. The van der Waals surface area contributed by atoms with Gasteiger partial charge >= 0.3 is 11.9 Å². The molecule has 0 N–H and O–H groups in total. The Morgan fingerprint density at radius 2 is 1.50 bits per heavy atom. The van der Waals surface area contributed by atoms with Crippen molar-refractivity contribution in [3.8, 4) is 0 Å². The average molecular weight is 391 g/mol. The van der Waals surface area contributed by atoms with E-state index in [1.165, 1.54) is 6.42 Å². The zero-order valence-electron chi connectivity index (χ0n) is 18.2. The van der Waals surface area contributed by atoms with Crippen LogP contribution >= 0.6 is 0 Å². The van der Waals surface area contributed by atoms with Crippen molar-refractivity contribution in [2.75, 3.05) is 13.2 Å². The van der Waals surface area contributed by atoms with Crippen molar-refractivity contribution >= 4 is 11.9 Å². The first kappa shape index (κ1) is 24.2. The van der Waals surface area contributed by atoms with E-state index in [0.29, 0.717) is 25.0 Å². The third-order valence-electron chi connectivity index (χ3n) is 5.02. The summed E-state index contributed by atoms with van der Waals surface area (Å²) in [5.74, 6) is 0.178. The molecule has 0 bridgehead atoms. The van der Waals surface area contributed by atoms with Gasteiger partial charge in [0.2, 0.25) is 0 Å². The van der Waals surface area contributed by atoms with Crippen molar-refractivity contribution in [2.45, 2.75) is 79.1 Å². The summed E-state index contributed by atoms with van der Waals surface area (Å²) in [6.45, 7) is 9.47. The zero-order chi connectivity index (χ0) is 20.8. The quantitative estimate of drug-likeness (QED) is 0.271. The van der Waals surface area contributed by atoms with E-state index in [-0.39, 0.29) is 11.1 Å². The van der Waals surface area contributed by atoms with Crippen molar-refractivity contribution in [3.63, 3.8) is 0 Å². The summed E-state index contributed by atoms with van der Waals surface area (Å²) in [7, 11) is 0. The number of hydrogen-bond acceptors (Lipinski definition) is 4. The van der Waals surface area contributed by atoms with E-state index in [1.807, 2.05) is 0 Å². The van der Waals surface area contributed by atoms with Crippen LogP contribution in [0.4, 0.5) is 0 Å². The van der Waals surface area contributed by atoms with Crippen molar-refractivity contribution in [2.24, 2.45) is 11.8 Å². The van der Waals surface area contributed by atoms with Crippen LogP contribution in [0.2, 0.25) is 0 Å². The molecule has 0 fully saturated rings. The van der Waals surface area contributed by atoms with Gasteiger partial charge in [0.15, 0.2) is 0 Å². The van der Waals surface area contributed by atoms with Gasteiger partial charge in [0.05, 0.1) is 24.3 Å². The Balaban J connectivity index is 2.53. The maximum absolute atomic E-state index is 12.5. The molecule has 0 heterocycles. The van der Waals surface area contributed by atoms with Gasteiger partial charge in [-0.05, 0) is 36.8 Å². The van der Waals surface area contributed by atoms with Gasteiger partial charge in [-0.2, -0.15) is 0 Å². The number of benzene rings is 1. The third kappa shape index (κ3) is 9.38. The molecule has 4 nitrogen and oxygen atoms in total. The smallest absolute Gasteiger partial charge is 0.339 e. The molecular formula is C24H38O4. The maximum Gasteiger partial charge on any atom is 0.339 e. The van der Waals surface area contributed by atoms with Gasteiger partial charge in [0.1, 0.15) is 0 Å². The first-order valence-corrected chi connectivity index (χ1v) is 10.9. The zero-order valence-corrected chi connectivity index (χ0v) is 18.2. The monoisotopic (exact) mass is 390 g/mol. The first-order chi connectivity index (χ1) is 13.5. The highest BCUT2D eigenvalue weighted by atomic mass is 16.5. The van der Waals surface area contributed by atoms with E-state index in [2.05, 4.69) is 27.7 Å². The Hall–Kier alpha value is -1.84. The lowest BCUT2D eigenvalue weighted by atomic mass is 10.0. The number of unbranched alkanes of at least 4 members (excludes halogenated alkanes) is 3. The van der Waals surface area contributed by atoms with Crippen molar-refractivity contribution in [1.29, 1.82) is 0 Å². The van der Waals surface area contributed by atoms with Gasteiger partial charge in [-0.15, -0.1) is 0 Å². The van der Waals surface area contributed by atoms with Gasteiger partial charge in [-0.25, -0.2) is 9.59 Å². The molecule has 4 heteroatoms. The second kappa shape index (κ2) is 14.2. The van der Waals surface area contributed by atoms with Crippen molar-refractivity contribution in [3.05, 3.63) is 35.4 Å². The van der Waals surface area contributed by atoms with Gasteiger partial charge < -0.3 is 9.47 Å². The van der Waals surface area contributed by atoms with E-state index >= 15 is 0 Å². The fraction of sp³-hybridized carbons (Fsp3) is 0.667. The SMILES string of the molecule is CCCCC(CC)COC(=O)c1ccccc1C(=O)OCCCCCC(C)C. The molecule has 0 aliphatic rings. The van der Waals surface area contributed by atoms with Crippen molar-refractivity contribution < 1.29 is 19.1 Å². The average Bonchev–Trinajstić information content (AvgIpc) is 2.70. The summed E-state index contributed by atoms with van der Waals surface area (Å²) < 4.78 is 10.9. The lowest BCUT2D eigenvalue weighted by Gasteiger charge is -2.15. The van der Waals surface area contributed by atoms with Gasteiger partial charge in [0, 0.05) is 0 Å². The van der Waals surface area contributed by atoms with E-state index in [9.17, 15) is 9.59 Å². The van der Waals surface area contributed by atoms with Gasteiger partial charge in [0.25, 0.3) is 0 Å². The highest BCUT2D eigenvalue weighted by Gasteiger charge is 2.20. The van der Waals surface area contributed by atoms with Crippen LogP contribution in [0.25, 0.3) is 0 Å². The molecule has 0 aromatic heterocycles. The lowest BCUT2D eigenvalue weighted by molar-refractivity contribution is 0.0404. The molecule has 1 rings (SSSR count). The fourth-order valence-corrected chi connectivity index (χ4v) is 3.08. The largest absolute Gasteiger partial charge is 0.462 e. The summed E-state index contributed by atoms with van der Waals surface area (Å²) in [6, 6.07) is 6.75. The second-order valence-electron chi connectivity index (χ2n) is 7.94. The molecule has 158 valence electrons. The molecule has 1 atom stereocenters. The van der Waals surface area contributed by atoms with Crippen LogP contribution in [0.15, 0.2) is 24.3 Å². The van der Waals surface area contributed by atoms with Crippen LogP contribution in [0, 0.1) is 11.8 Å². The molecule has 0 saturated carbocycles. The Bertz CT molecular complexity index is 580. The Morgan fingerprint density at radius 3 is 2.07 bits per heavy atom. The molecule has 0 saturated heterocycles. The highest BCUT2D eigenvalue weighted by Crippen LogP contribution is 2.17. The van der Waals surface area contributed by atoms with Crippen molar-refractivity contribution in [1.82, 2.24) is 0 Å². The maximum atomic E-state index is 12.5. The second-order valence-corrected chi connectivity index (χ2v) is 7.94. The summed E-state index contributed by atoms with van der Waals surface area (Å²) in [5, 5.41) is 0. The van der Waals surface area contributed by atoms with Gasteiger partial charge in [-0.3, -0.25) is 0 Å². The standard InChI is InChI=1S/C24H38O4/c1-5-7-14-20(6-2)18-28-24(26)22-16-11-10-15-21(22)23(25)27-17-12-8-9-13-19(3)4/h10-11,15-16,19-20H,5-9,12-14,17-18H2,1-4H3. The summed E-state index contributed by atoms with van der Waals surface area (Å²) in [6.07, 6.45) is 8.54. The van der Waals surface area contributed by atoms with E-state index in [0.717, 1.165) is 44.9 Å². The van der Waals surface area contributed by atoms with Crippen LogP contribution in [-0.4, -0.2) is 25.2 Å². The van der Waals surface area contributed by atoms with Gasteiger partial charge in [-0.1, -0.05) is 78.4 Å². The molecule has 0 aliphatic carbocycles. The molecule has 1 unspecified atom stereocenters. The number of carbonyl (C=O) groups is 2.